The molecule has 0 radical (unpaired) electrons. The molecule has 0 saturated carbocycles. The Morgan fingerprint density at radius 2 is 1.17 bits per heavy atom. The van der Waals surface area contributed by atoms with Crippen LogP contribution >= 0.6 is 11.3 Å². The average Bonchev–Trinajstić information content (AvgIpc) is 3.84. The number of anilines is 2. The summed E-state index contributed by atoms with van der Waals surface area (Å²) in [7, 11) is 0. The zero-order valence-electron chi connectivity index (χ0n) is 32.4. The average molecular weight is 770 g/mol. The Balaban J connectivity index is 0.946. The molecule has 2 aliphatic rings. The van der Waals surface area contributed by atoms with Crippen LogP contribution in [0.1, 0.15) is 34.6 Å². The van der Waals surface area contributed by atoms with E-state index in [1.54, 1.807) is 0 Å². The van der Waals surface area contributed by atoms with Crippen molar-refractivity contribution in [3.63, 3.8) is 0 Å². The first-order valence-corrected chi connectivity index (χ1v) is 21.4. The fourth-order valence-corrected chi connectivity index (χ4v) is 11.1. The van der Waals surface area contributed by atoms with Crippen LogP contribution in [0.5, 0.6) is 0 Å². The van der Waals surface area contributed by atoms with Crippen molar-refractivity contribution in [1.82, 2.24) is 0 Å². The smallest absolute Gasteiger partial charge is 0.0566 e. The lowest BCUT2D eigenvalue weighted by molar-refractivity contribution is 0.798. The largest absolute Gasteiger partial charge is 0.334 e. The molecule has 0 bridgehead atoms. The molecule has 0 aliphatic heterocycles. The van der Waals surface area contributed by atoms with Gasteiger partial charge in [0.1, 0.15) is 0 Å². The molecule has 1 heterocycles. The number of allylic oxidation sites excluding steroid dienone is 2. The Morgan fingerprint density at radius 1 is 0.458 bits per heavy atom. The van der Waals surface area contributed by atoms with Gasteiger partial charge in [-0.15, -0.1) is 11.3 Å². The lowest BCUT2D eigenvalue weighted by atomic mass is 9.85. The maximum absolute atomic E-state index is 2.56. The maximum Gasteiger partial charge on any atom is 0.0566 e. The standard InChI is InChI=1S/C57H39NS/c1-2-15-39-33-44(30-27-37(39)13-1)58(54-25-12-16-38-14-3-4-21-47(38)54)43-18-11-17-40(34-43)45-19-5-6-20-46(45)41-28-31-49-48-22-7-8-24-52(48)57(53(49)35-41)42-29-32-51-50-23-9-10-26-55(50)59-56(51)36-42/h1-33,35-36,43,57H,34H2. The van der Waals surface area contributed by atoms with Crippen molar-refractivity contribution in [2.45, 2.75) is 18.4 Å². The van der Waals surface area contributed by atoms with Crippen molar-refractivity contribution in [3.05, 3.63) is 235 Å². The summed E-state index contributed by atoms with van der Waals surface area (Å²) in [4.78, 5) is 2.56. The van der Waals surface area contributed by atoms with Gasteiger partial charge in [-0.1, -0.05) is 176 Å². The van der Waals surface area contributed by atoms with E-state index in [4.69, 9.17) is 0 Å². The second kappa shape index (κ2) is 13.8. The molecule has 10 aromatic rings. The molecule has 278 valence electrons. The third-order valence-corrected chi connectivity index (χ3v) is 13.8. The van der Waals surface area contributed by atoms with E-state index in [9.17, 15) is 0 Å². The minimum atomic E-state index is 0.109. The van der Waals surface area contributed by atoms with Crippen molar-refractivity contribution >= 4 is 70.0 Å². The first-order valence-electron chi connectivity index (χ1n) is 20.6. The number of nitrogens with zero attached hydrogens (tertiary/aromatic N) is 1. The van der Waals surface area contributed by atoms with Crippen LogP contribution in [-0.4, -0.2) is 6.04 Å². The van der Waals surface area contributed by atoms with Crippen LogP contribution in [-0.2, 0) is 0 Å². The van der Waals surface area contributed by atoms with Gasteiger partial charge in [0.05, 0.1) is 6.04 Å². The predicted octanol–water partition coefficient (Wildman–Crippen LogP) is 15.7. The lowest BCUT2D eigenvalue weighted by Crippen LogP contribution is -2.31. The molecule has 0 saturated heterocycles. The molecule has 2 unspecified atom stereocenters. The van der Waals surface area contributed by atoms with Gasteiger partial charge < -0.3 is 4.90 Å². The minimum absolute atomic E-state index is 0.109. The number of benzene rings is 9. The number of hydrogen-bond acceptors (Lipinski definition) is 2. The second-order valence-corrected chi connectivity index (χ2v) is 17.1. The highest BCUT2D eigenvalue weighted by Gasteiger charge is 2.31. The van der Waals surface area contributed by atoms with E-state index in [2.05, 4.69) is 217 Å². The summed E-state index contributed by atoms with van der Waals surface area (Å²) < 4.78 is 2.70. The van der Waals surface area contributed by atoms with E-state index in [-0.39, 0.29) is 12.0 Å². The maximum atomic E-state index is 2.56. The quantitative estimate of drug-likeness (QED) is 0.163. The van der Waals surface area contributed by atoms with Crippen molar-refractivity contribution in [3.8, 4) is 22.3 Å². The van der Waals surface area contributed by atoms with Gasteiger partial charge in [-0.05, 0) is 109 Å². The normalized spacial score (nSPS) is 15.8. The molecule has 59 heavy (non-hydrogen) atoms. The SMILES string of the molecule is C1=CC(N(c2ccc3ccccc3c2)c2cccc3ccccc23)CC(c2ccccc2-c2ccc3c(c2)C(c2ccc4c(c2)sc2ccccc24)c2ccccc2-3)=C1. The van der Waals surface area contributed by atoms with Crippen molar-refractivity contribution in [1.29, 1.82) is 0 Å². The zero-order valence-corrected chi connectivity index (χ0v) is 33.2. The van der Waals surface area contributed by atoms with Crippen LogP contribution < -0.4 is 4.90 Å². The number of rotatable bonds is 6. The number of hydrogen-bond donors (Lipinski definition) is 0. The zero-order chi connectivity index (χ0) is 38.9. The van der Waals surface area contributed by atoms with Crippen LogP contribution in [0.15, 0.2) is 212 Å². The van der Waals surface area contributed by atoms with E-state index in [0.29, 0.717) is 0 Å². The van der Waals surface area contributed by atoms with E-state index in [1.165, 1.54) is 103 Å². The Bertz CT molecular complexity index is 3340. The molecule has 1 nitrogen and oxygen atoms in total. The number of thiophene rings is 1. The van der Waals surface area contributed by atoms with Crippen LogP contribution in [0.3, 0.4) is 0 Å². The summed E-state index contributed by atoms with van der Waals surface area (Å²) in [6.07, 6.45) is 7.87. The van der Waals surface area contributed by atoms with Crippen LogP contribution in [0.2, 0.25) is 0 Å². The molecule has 2 atom stereocenters. The third-order valence-electron chi connectivity index (χ3n) is 12.7. The summed E-state index contributed by atoms with van der Waals surface area (Å²) in [5.41, 5.74) is 14.4. The van der Waals surface area contributed by atoms with Gasteiger partial charge in [-0.3, -0.25) is 0 Å². The van der Waals surface area contributed by atoms with E-state index < -0.39 is 0 Å². The fraction of sp³-hybridized carbons (Fsp3) is 0.0526. The molecular formula is C57H39NS. The van der Waals surface area contributed by atoms with Gasteiger partial charge in [-0.25, -0.2) is 0 Å². The molecule has 0 N–H and O–H groups in total. The van der Waals surface area contributed by atoms with Crippen molar-refractivity contribution in [2.24, 2.45) is 0 Å². The highest BCUT2D eigenvalue weighted by Crippen LogP contribution is 2.51. The first-order chi connectivity index (χ1) is 29.2. The molecule has 1 aromatic heterocycles. The summed E-state index contributed by atoms with van der Waals surface area (Å²) in [5.74, 6) is 0.167. The highest BCUT2D eigenvalue weighted by atomic mass is 32.1. The Kier molecular flexibility index (Phi) is 7.99. The minimum Gasteiger partial charge on any atom is -0.334 e. The van der Waals surface area contributed by atoms with Gasteiger partial charge in [-0.2, -0.15) is 0 Å². The Morgan fingerprint density at radius 3 is 2.08 bits per heavy atom. The summed E-state index contributed by atoms with van der Waals surface area (Å²) in [5, 5.41) is 7.69. The summed E-state index contributed by atoms with van der Waals surface area (Å²) in [6, 6.07) is 72.4. The van der Waals surface area contributed by atoms with Crippen LogP contribution in [0.4, 0.5) is 11.4 Å². The monoisotopic (exact) mass is 769 g/mol. The van der Waals surface area contributed by atoms with Gasteiger partial charge in [0.2, 0.25) is 0 Å². The van der Waals surface area contributed by atoms with Gasteiger partial charge in [0.15, 0.2) is 0 Å². The molecule has 0 fully saturated rings. The summed E-state index contributed by atoms with van der Waals surface area (Å²) in [6.45, 7) is 0. The fourth-order valence-electron chi connectivity index (χ4n) is 9.96. The second-order valence-electron chi connectivity index (χ2n) is 16.0. The lowest BCUT2D eigenvalue weighted by Gasteiger charge is -2.35. The Hall–Kier alpha value is -7.00. The van der Waals surface area contributed by atoms with Gasteiger partial charge >= 0.3 is 0 Å². The topological polar surface area (TPSA) is 3.24 Å². The van der Waals surface area contributed by atoms with Crippen LogP contribution in [0, 0.1) is 0 Å². The van der Waals surface area contributed by atoms with E-state index in [1.807, 2.05) is 11.3 Å². The number of fused-ring (bicyclic) bond motifs is 8. The van der Waals surface area contributed by atoms with E-state index >= 15 is 0 Å². The molecule has 12 rings (SSSR count). The molecule has 0 amide bonds. The first kappa shape index (κ1) is 34.1. The third kappa shape index (κ3) is 5.67. The molecule has 2 heteroatoms. The summed E-state index contributed by atoms with van der Waals surface area (Å²) >= 11 is 1.90. The van der Waals surface area contributed by atoms with E-state index in [0.717, 1.165) is 6.42 Å². The predicted molar refractivity (Wildman–Crippen MR) is 253 cm³/mol. The van der Waals surface area contributed by atoms with Crippen molar-refractivity contribution in [2.75, 3.05) is 4.90 Å². The van der Waals surface area contributed by atoms with Gasteiger partial charge in [0, 0.05) is 42.9 Å². The molecule has 9 aromatic carbocycles. The van der Waals surface area contributed by atoms with Crippen LogP contribution in [0.25, 0.3) is 69.5 Å². The highest BCUT2D eigenvalue weighted by molar-refractivity contribution is 7.25. The van der Waals surface area contributed by atoms with Crippen molar-refractivity contribution < 1.29 is 0 Å². The molecule has 2 aliphatic carbocycles. The molecule has 0 spiro atoms. The van der Waals surface area contributed by atoms with Gasteiger partial charge in [0.25, 0.3) is 0 Å². The molecular weight excluding hydrogens is 731 g/mol. The Labute approximate surface area is 348 Å².